The van der Waals surface area contributed by atoms with Crippen molar-refractivity contribution >= 4 is 22.6 Å². The maximum Gasteiger partial charge on any atom is 0.199 e. The number of hydrogen-bond acceptors (Lipinski definition) is 5. The van der Waals surface area contributed by atoms with Gasteiger partial charge in [0.25, 0.3) is 0 Å². The lowest BCUT2D eigenvalue weighted by atomic mass is 10.0. The zero-order chi connectivity index (χ0) is 15.8. The Bertz CT molecular complexity index is 802. The van der Waals surface area contributed by atoms with E-state index in [1.165, 1.54) is 0 Å². The highest BCUT2D eigenvalue weighted by atomic mass is 35.5. The van der Waals surface area contributed by atoms with Crippen LogP contribution in [0.2, 0.25) is 5.22 Å². The Morgan fingerprint density at radius 3 is 3.04 bits per heavy atom. The van der Waals surface area contributed by atoms with Gasteiger partial charge in [-0.2, -0.15) is 15.4 Å². The third kappa shape index (κ3) is 2.63. The number of aromatic amines is 1. The molecular formula is C16H17ClN4O2. The summed E-state index contributed by atoms with van der Waals surface area (Å²) in [4.78, 5) is 2.32. The number of ether oxygens (including phenoxy) is 1. The number of methoxy groups -OCH3 is 1. The van der Waals surface area contributed by atoms with E-state index in [1.54, 1.807) is 13.3 Å². The molecule has 1 aromatic carbocycles. The highest BCUT2D eigenvalue weighted by Gasteiger charge is 2.36. The summed E-state index contributed by atoms with van der Waals surface area (Å²) in [6.07, 6.45) is 1.86. The van der Waals surface area contributed by atoms with E-state index >= 15 is 0 Å². The molecule has 7 heteroatoms. The summed E-state index contributed by atoms with van der Waals surface area (Å²) in [5, 5.41) is 12.3. The topological polar surface area (TPSA) is 67.2 Å². The van der Waals surface area contributed by atoms with Gasteiger partial charge in [-0.3, -0.25) is 4.90 Å². The number of para-hydroxylation sites is 1. The number of H-pyrrole nitrogens is 1. The maximum atomic E-state index is 6.30. The molecule has 2 atom stereocenters. The molecule has 1 saturated heterocycles. The Hall–Kier alpha value is -1.89. The lowest BCUT2D eigenvalue weighted by Crippen LogP contribution is -2.22. The molecule has 0 bridgehead atoms. The molecule has 0 spiro atoms. The average molecular weight is 333 g/mol. The highest BCUT2D eigenvalue weighted by molar-refractivity contribution is 6.30. The largest absolute Gasteiger partial charge is 0.444 e. The molecule has 3 heterocycles. The van der Waals surface area contributed by atoms with Crippen molar-refractivity contribution in [1.29, 1.82) is 0 Å². The summed E-state index contributed by atoms with van der Waals surface area (Å²) < 4.78 is 11.3. The fraction of sp³-hybridized carbons (Fsp3) is 0.375. The summed E-state index contributed by atoms with van der Waals surface area (Å²) in [5.41, 5.74) is 2.78. The first-order valence-corrected chi connectivity index (χ1v) is 7.90. The van der Waals surface area contributed by atoms with Crippen LogP contribution in [0.1, 0.15) is 17.2 Å². The van der Waals surface area contributed by atoms with Gasteiger partial charge in [0.2, 0.25) is 0 Å². The quantitative estimate of drug-likeness (QED) is 0.795. The summed E-state index contributed by atoms with van der Waals surface area (Å²) in [5.74, 6) is 0.204. The van der Waals surface area contributed by atoms with E-state index in [0.717, 1.165) is 41.9 Å². The van der Waals surface area contributed by atoms with Crippen LogP contribution in [-0.4, -0.2) is 46.6 Å². The van der Waals surface area contributed by atoms with Gasteiger partial charge in [-0.05, 0) is 17.7 Å². The van der Waals surface area contributed by atoms with Crippen LogP contribution < -0.4 is 0 Å². The minimum atomic E-state index is 0.0945. The van der Waals surface area contributed by atoms with Gasteiger partial charge >= 0.3 is 0 Å². The number of rotatable bonds is 4. The normalized spacial score (nSPS) is 22.2. The molecular weight excluding hydrogens is 316 g/mol. The van der Waals surface area contributed by atoms with Crippen LogP contribution in [-0.2, 0) is 11.3 Å². The van der Waals surface area contributed by atoms with Gasteiger partial charge in [-0.25, -0.2) is 0 Å². The second-order valence-corrected chi connectivity index (χ2v) is 6.16. The van der Waals surface area contributed by atoms with Crippen molar-refractivity contribution in [1.82, 2.24) is 20.3 Å². The summed E-state index contributed by atoms with van der Waals surface area (Å²) in [6.45, 7) is 2.40. The van der Waals surface area contributed by atoms with E-state index < -0.39 is 0 Å². The zero-order valence-electron chi connectivity index (χ0n) is 12.7. The molecule has 0 amide bonds. The summed E-state index contributed by atoms with van der Waals surface area (Å²) in [7, 11) is 1.74. The van der Waals surface area contributed by atoms with E-state index in [1.807, 2.05) is 24.3 Å². The number of fused-ring (bicyclic) bond motifs is 1. The smallest absolute Gasteiger partial charge is 0.199 e. The molecule has 3 aromatic rings. The number of benzene rings is 1. The van der Waals surface area contributed by atoms with Crippen LogP contribution in [0.3, 0.4) is 0 Å². The summed E-state index contributed by atoms with van der Waals surface area (Å²) in [6, 6.07) is 7.92. The molecule has 120 valence electrons. The van der Waals surface area contributed by atoms with Gasteiger partial charge in [-0.15, -0.1) is 0 Å². The molecule has 4 rings (SSSR count). The number of nitrogens with one attached hydrogen (secondary N) is 1. The number of furan rings is 1. The second-order valence-electron chi connectivity index (χ2n) is 5.82. The fourth-order valence-corrected chi connectivity index (χ4v) is 3.58. The molecule has 0 radical (unpaired) electrons. The zero-order valence-corrected chi connectivity index (χ0v) is 13.5. The van der Waals surface area contributed by atoms with Gasteiger partial charge in [0, 0.05) is 43.6 Å². The van der Waals surface area contributed by atoms with Gasteiger partial charge in [0.15, 0.2) is 5.22 Å². The van der Waals surface area contributed by atoms with Crippen LogP contribution in [0, 0.1) is 0 Å². The second kappa shape index (κ2) is 5.96. The molecule has 0 unspecified atom stereocenters. The van der Waals surface area contributed by atoms with E-state index in [9.17, 15) is 0 Å². The van der Waals surface area contributed by atoms with Crippen molar-refractivity contribution in [2.75, 3.05) is 20.2 Å². The molecule has 0 saturated carbocycles. The van der Waals surface area contributed by atoms with Crippen molar-refractivity contribution < 1.29 is 9.15 Å². The minimum absolute atomic E-state index is 0.0945. The van der Waals surface area contributed by atoms with Crippen LogP contribution in [0.5, 0.6) is 0 Å². The number of likely N-dealkylation sites (tertiary alicyclic amines) is 1. The number of hydrogen-bond donors (Lipinski definition) is 1. The number of aromatic nitrogens is 3. The van der Waals surface area contributed by atoms with Gasteiger partial charge in [0.1, 0.15) is 5.58 Å². The predicted molar refractivity (Wildman–Crippen MR) is 86.4 cm³/mol. The third-order valence-corrected chi connectivity index (χ3v) is 4.79. The Morgan fingerprint density at radius 2 is 2.26 bits per heavy atom. The molecule has 2 aromatic heterocycles. The van der Waals surface area contributed by atoms with Crippen LogP contribution in [0.15, 0.2) is 34.9 Å². The first-order valence-electron chi connectivity index (χ1n) is 7.53. The maximum absolute atomic E-state index is 6.30. The third-order valence-electron chi connectivity index (χ3n) is 4.49. The van der Waals surface area contributed by atoms with Crippen LogP contribution >= 0.6 is 11.6 Å². The lowest BCUT2D eigenvalue weighted by Gasteiger charge is -2.14. The first-order chi connectivity index (χ1) is 11.3. The van der Waals surface area contributed by atoms with Crippen LogP contribution in [0.4, 0.5) is 0 Å². The van der Waals surface area contributed by atoms with Crippen molar-refractivity contribution in [3.8, 4) is 0 Å². The standard InChI is InChI=1S/C16H17ClN4O2/c1-22-15-9-21(8-12(15)13-6-18-20-19-13)7-11-10-4-2-3-5-14(10)23-16(11)17/h2-6,12,15H,7-9H2,1H3,(H,18,19,20)/t12-,15+/m0/s1. The van der Waals surface area contributed by atoms with Crippen molar-refractivity contribution in [2.45, 2.75) is 18.6 Å². The Kier molecular flexibility index (Phi) is 3.80. The van der Waals surface area contributed by atoms with E-state index in [2.05, 4.69) is 20.3 Å². The summed E-state index contributed by atoms with van der Waals surface area (Å²) >= 11 is 6.30. The van der Waals surface area contributed by atoms with E-state index in [0.29, 0.717) is 5.22 Å². The van der Waals surface area contributed by atoms with Crippen molar-refractivity contribution in [3.63, 3.8) is 0 Å². The molecule has 6 nitrogen and oxygen atoms in total. The Labute approximate surface area is 138 Å². The highest BCUT2D eigenvalue weighted by Crippen LogP contribution is 2.34. The molecule has 1 fully saturated rings. The monoisotopic (exact) mass is 332 g/mol. The van der Waals surface area contributed by atoms with Gasteiger partial charge < -0.3 is 9.15 Å². The SMILES string of the molecule is CO[C@@H]1CN(Cc2c(Cl)oc3ccccc23)C[C@H]1c1cn[nH]n1. The first kappa shape index (κ1) is 14.7. The molecule has 1 N–H and O–H groups in total. The Balaban J connectivity index is 1.58. The minimum Gasteiger partial charge on any atom is -0.444 e. The van der Waals surface area contributed by atoms with Crippen molar-refractivity contribution in [3.05, 3.63) is 46.9 Å². The number of halogens is 1. The predicted octanol–water partition coefficient (Wildman–Crippen LogP) is 2.82. The van der Waals surface area contributed by atoms with Gasteiger partial charge in [-0.1, -0.05) is 18.2 Å². The number of nitrogens with zero attached hydrogens (tertiary/aromatic N) is 3. The molecule has 1 aliphatic rings. The van der Waals surface area contributed by atoms with Crippen LogP contribution in [0.25, 0.3) is 11.0 Å². The molecule has 23 heavy (non-hydrogen) atoms. The van der Waals surface area contributed by atoms with E-state index in [-0.39, 0.29) is 12.0 Å². The van der Waals surface area contributed by atoms with Crippen molar-refractivity contribution in [2.24, 2.45) is 0 Å². The van der Waals surface area contributed by atoms with E-state index in [4.69, 9.17) is 20.8 Å². The Morgan fingerprint density at radius 1 is 1.39 bits per heavy atom. The lowest BCUT2D eigenvalue weighted by molar-refractivity contribution is 0.0957. The average Bonchev–Trinajstić information content (AvgIpc) is 3.27. The van der Waals surface area contributed by atoms with Gasteiger partial charge in [0.05, 0.1) is 18.0 Å². The molecule has 1 aliphatic heterocycles. The fourth-order valence-electron chi connectivity index (χ4n) is 3.33. The molecule has 0 aliphatic carbocycles.